The fraction of sp³-hybridized carbons (Fsp3) is 1.00. The SMILES string of the molecule is CC[Si](CC(C)C)(OC(C)C)C(C)C. The van der Waals surface area contributed by atoms with E-state index in [1.807, 2.05) is 0 Å². The Labute approximate surface area is 91.4 Å². The lowest BCUT2D eigenvalue weighted by Crippen LogP contribution is -2.44. The minimum atomic E-state index is -1.47. The highest BCUT2D eigenvalue weighted by Gasteiger charge is 2.38. The molecule has 2 heteroatoms. The van der Waals surface area contributed by atoms with Crippen LogP contribution in [0.2, 0.25) is 17.6 Å². The molecule has 1 atom stereocenters. The van der Waals surface area contributed by atoms with Crippen molar-refractivity contribution in [3.05, 3.63) is 0 Å². The molecule has 0 saturated heterocycles. The summed E-state index contributed by atoms with van der Waals surface area (Å²) in [4.78, 5) is 0. The van der Waals surface area contributed by atoms with Crippen LogP contribution in [0.5, 0.6) is 0 Å². The van der Waals surface area contributed by atoms with E-state index < -0.39 is 8.32 Å². The molecule has 0 saturated carbocycles. The van der Waals surface area contributed by atoms with Crippen LogP contribution in [0.15, 0.2) is 0 Å². The van der Waals surface area contributed by atoms with Crippen molar-refractivity contribution in [2.75, 3.05) is 0 Å². The second kappa shape index (κ2) is 5.91. The van der Waals surface area contributed by atoms with Crippen molar-refractivity contribution < 1.29 is 4.43 Å². The first-order valence-electron chi connectivity index (χ1n) is 6.02. The monoisotopic (exact) mass is 216 g/mol. The molecule has 0 rings (SSSR count). The molecule has 0 aromatic rings. The van der Waals surface area contributed by atoms with E-state index in [1.165, 1.54) is 12.1 Å². The van der Waals surface area contributed by atoms with Gasteiger partial charge in [-0.3, -0.25) is 0 Å². The summed E-state index contributed by atoms with van der Waals surface area (Å²) in [6.07, 6.45) is 0.391. The summed E-state index contributed by atoms with van der Waals surface area (Å²) >= 11 is 0. The van der Waals surface area contributed by atoms with Gasteiger partial charge in [-0.05, 0) is 37.4 Å². The maximum atomic E-state index is 6.30. The summed E-state index contributed by atoms with van der Waals surface area (Å²) in [6, 6.07) is 2.56. The molecule has 0 aliphatic heterocycles. The predicted octanol–water partition coefficient (Wildman–Crippen LogP) is 4.44. The smallest absolute Gasteiger partial charge is 0.195 e. The first kappa shape index (κ1) is 14.2. The van der Waals surface area contributed by atoms with Crippen LogP contribution >= 0.6 is 0 Å². The van der Waals surface area contributed by atoms with Crippen molar-refractivity contribution in [2.24, 2.45) is 5.92 Å². The van der Waals surface area contributed by atoms with E-state index in [0.717, 1.165) is 11.5 Å². The highest BCUT2D eigenvalue weighted by molar-refractivity contribution is 6.75. The quantitative estimate of drug-likeness (QED) is 0.596. The Morgan fingerprint density at radius 3 is 1.71 bits per heavy atom. The van der Waals surface area contributed by atoms with E-state index in [2.05, 4.69) is 48.5 Å². The zero-order valence-corrected chi connectivity index (χ0v) is 12.1. The molecule has 1 unspecified atom stereocenters. The van der Waals surface area contributed by atoms with Crippen LogP contribution < -0.4 is 0 Å². The van der Waals surface area contributed by atoms with Crippen LogP contribution in [0.1, 0.15) is 48.5 Å². The molecule has 0 aliphatic carbocycles. The molecular weight excluding hydrogens is 188 g/mol. The molecule has 0 radical (unpaired) electrons. The third-order valence-electron chi connectivity index (χ3n) is 2.87. The van der Waals surface area contributed by atoms with E-state index in [4.69, 9.17) is 4.43 Å². The molecule has 0 fully saturated rings. The van der Waals surface area contributed by atoms with E-state index in [9.17, 15) is 0 Å². The summed E-state index contributed by atoms with van der Waals surface area (Å²) in [5.41, 5.74) is 0.734. The van der Waals surface area contributed by atoms with Gasteiger partial charge in [0.05, 0.1) is 0 Å². The summed E-state index contributed by atoms with van der Waals surface area (Å²) < 4.78 is 6.30. The van der Waals surface area contributed by atoms with Gasteiger partial charge in [0, 0.05) is 6.10 Å². The van der Waals surface area contributed by atoms with Crippen molar-refractivity contribution in [3.63, 3.8) is 0 Å². The molecule has 14 heavy (non-hydrogen) atoms. The highest BCUT2D eigenvalue weighted by atomic mass is 28.4. The van der Waals surface area contributed by atoms with Crippen molar-refractivity contribution in [1.29, 1.82) is 0 Å². The van der Waals surface area contributed by atoms with Gasteiger partial charge in [0.2, 0.25) is 0 Å². The molecule has 0 amide bonds. The minimum Gasteiger partial charge on any atom is -0.414 e. The molecule has 0 aromatic carbocycles. The Morgan fingerprint density at radius 1 is 1.00 bits per heavy atom. The average molecular weight is 216 g/mol. The summed E-state index contributed by atoms with van der Waals surface area (Å²) in [6.45, 7) is 15.9. The lowest BCUT2D eigenvalue weighted by atomic mass is 10.3. The van der Waals surface area contributed by atoms with Gasteiger partial charge in [-0.25, -0.2) is 0 Å². The molecule has 0 N–H and O–H groups in total. The van der Waals surface area contributed by atoms with Crippen molar-refractivity contribution in [1.82, 2.24) is 0 Å². The fourth-order valence-electron chi connectivity index (χ4n) is 2.22. The topological polar surface area (TPSA) is 9.23 Å². The van der Waals surface area contributed by atoms with Gasteiger partial charge >= 0.3 is 0 Å². The Kier molecular flexibility index (Phi) is 5.99. The fourth-order valence-corrected chi connectivity index (χ4v) is 6.65. The lowest BCUT2D eigenvalue weighted by molar-refractivity contribution is 0.217. The Hall–Kier alpha value is 0.177. The summed E-state index contributed by atoms with van der Waals surface area (Å²) in [5.74, 6) is 0.766. The molecule has 86 valence electrons. The average Bonchev–Trinajstić information content (AvgIpc) is 2.00. The zero-order chi connectivity index (χ0) is 11.4. The third-order valence-corrected chi connectivity index (χ3v) is 8.62. The number of hydrogen-bond acceptors (Lipinski definition) is 1. The molecule has 0 aliphatic rings. The van der Waals surface area contributed by atoms with E-state index >= 15 is 0 Å². The van der Waals surface area contributed by atoms with Crippen molar-refractivity contribution >= 4 is 8.32 Å². The summed E-state index contributed by atoms with van der Waals surface area (Å²) in [7, 11) is -1.47. The van der Waals surface area contributed by atoms with Crippen LogP contribution in [0.3, 0.4) is 0 Å². The predicted molar refractivity (Wildman–Crippen MR) is 67.2 cm³/mol. The van der Waals surface area contributed by atoms with Gasteiger partial charge in [-0.15, -0.1) is 0 Å². The zero-order valence-electron chi connectivity index (χ0n) is 11.1. The van der Waals surface area contributed by atoms with Gasteiger partial charge < -0.3 is 4.43 Å². The third kappa shape index (κ3) is 4.14. The van der Waals surface area contributed by atoms with Gasteiger partial charge in [0.25, 0.3) is 0 Å². The van der Waals surface area contributed by atoms with E-state index in [1.54, 1.807) is 0 Å². The van der Waals surface area contributed by atoms with E-state index in [0.29, 0.717) is 6.10 Å². The van der Waals surface area contributed by atoms with Crippen LogP contribution in [-0.4, -0.2) is 14.4 Å². The van der Waals surface area contributed by atoms with Crippen LogP contribution in [0.4, 0.5) is 0 Å². The second-order valence-electron chi connectivity index (χ2n) is 5.34. The van der Waals surface area contributed by atoms with Crippen LogP contribution in [0, 0.1) is 5.92 Å². The van der Waals surface area contributed by atoms with Crippen LogP contribution in [-0.2, 0) is 4.43 Å². The van der Waals surface area contributed by atoms with Crippen molar-refractivity contribution in [2.45, 2.75) is 72.2 Å². The first-order valence-corrected chi connectivity index (χ1v) is 8.41. The standard InChI is InChI=1S/C12H28OSi/c1-8-14(12(6)7,9-10(2)3)13-11(4)5/h10-12H,8-9H2,1-7H3. The number of rotatable bonds is 6. The van der Waals surface area contributed by atoms with Gasteiger partial charge in [0.15, 0.2) is 8.32 Å². The minimum absolute atomic E-state index is 0.391. The molecule has 0 bridgehead atoms. The van der Waals surface area contributed by atoms with E-state index in [-0.39, 0.29) is 0 Å². The Morgan fingerprint density at radius 2 is 1.50 bits per heavy atom. The molecule has 0 aromatic heterocycles. The Bertz CT molecular complexity index is 142. The Balaban J connectivity index is 4.60. The first-order chi connectivity index (χ1) is 6.34. The maximum absolute atomic E-state index is 6.30. The molecule has 0 spiro atoms. The molecule has 0 heterocycles. The second-order valence-corrected chi connectivity index (χ2v) is 9.97. The van der Waals surface area contributed by atoms with Crippen LogP contribution in [0.25, 0.3) is 0 Å². The highest BCUT2D eigenvalue weighted by Crippen LogP contribution is 2.34. The van der Waals surface area contributed by atoms with Gasteiger partial charge in [-0.1, -0.05) is 34.6 Å². The van der Waals surface area contributed by atoms with Crippen molar-refractivity contribution in [3.8, 4) is 0 Å². The number of hydrogen-bond donors (Lipinski definition) is 0. The lowest BCUT2D eigenvalue weighted by Gasteiger charge is -2.37. The maximum Gasteiger partial charge on any atom is 0.195 e. The van der Waals surface area contributed by atoms with Gasteiger partial charge in [0.1, 0.15) is 0 Å². The van der Waals surface area contributed by atoms with Gasteiger partial charge in [-0.2, -0.15) is 0 Å². The molecule has 1 nitrogen and oxygen atoms in total. The summed E-state index contributed by atoms with van der Waals surface area (Å²) in [5, 5.41) is 0. The normalized spacial score (nSPS) is 16.7. The largest absolute Gasteiger partial charge is 0.414 e. The molecular formula is C12H28OSi.